The zero-order valence-electron chi connectivity index (χ0n) is 18.9. The molecule has 3 saturated heterocycles. The van der Waals surface area contributed by atoms with Gasteiger partial charge in [0.05, 0.1) is 18.2 Å². The quantitative estimate of drug-likeness (QED) is 0.719. The number of piperidine rings is 2. The maximum absolute atomic E-state index is 13.6. The number of carbonyl (C=O) groups is 1. The fraction of sp³-hybridized carbons (Fsp3) is 0.957. The number of hydrogen-bond acceptors (Lipinski definition) is 4. The fourth-order valence-electron chi connectivity index (χ4n) is 5.52. The Balaban J connectivity index is 1.59. The van der Waals surface area contributed by atoms with Crippen molar-refractivity contribution in [1.29, 1.82) is 0 Å². The van der Waals surface area contributed by atoms with E-state index in [1.807, 2.05) is 0 Å². The van der Waals surface area contributed by atoms with Crippen LogP contribution in [0.4, 0.5) is 0 Å². The molecule has 0 unspecified atom stereocenters. The summed E-state index contributed by atoms with van der Waals surface area (Å²) in [5.74, 6) is 2.20. The molecule has 0 aromatic rings. The van der Waals surface area contributed by atoms with Gasteiger partial charge in [-0.25, -0.2) is 0 Å². The van der Waals surface area contributed by atoms with Gasteiger partial charge in [-0.15, -0.1) is 0 Å². The number of morpholine rings is 1. The summed E-state index contributed by atoms with van der Waals surface area (Å²) in [5, 5.41) is 0. The van der Waals surface area contributed by atoms with E-state index >= 15 is 0 Å². The summed E-state index contributed by atoms with van der Waals surface area (Å²) in [6.45, 7) is 18.3. The molecule has 0 radical (unpaired) electrons. The van der Waals surface area contributed by atoms with Gasteiger partial charge in [-0.2, -0.15) is 0 Å². The van der Waals surface area contributed by atoms with Crippen LogP contribution in [0.15, 0.2) is 0 Å². The molecule has 0 saturated carbocycles. The van der Waals surface area contributed by atoms with E-state index in [4.69, 9.17) is 4.74 Å². The maximum Gasteiger partial charge on any atom is 0.240 e. The van der Waals surface area contributed by atoms with Crippen LogP contribution in [0, 0.1) is 17.8 Å². The first-order chi connectivity index (χ1) is 13.3. The summed E-state index contributed by atoms with van der Waals surface area (Å²) in [6, 6.07) is -0.0108. The third kappa shape index (κ3) is 5.70. The zero-order valence-corrected chi connectivity index (χ0v) is 18.9. The normalized spacial score (nSPS) is 32.6. The van der Waals surface area contributed by atoms with Crippen LogP contribution in [0.2, 0.25) is 0 Å². The van der Waals surface area contributed by atoms with E-state index in [1.165, 1.54) is 38.9 Å². The van der Waals surface area contributed by atoms with Gasteiger partial charge < -0.3 is 14.5 Å². The molecule has 3 aliphatic heterocycles. The molecule has 0 aliphatic carbocycles. The Morgan fingerprint density at radius 2 is 1.61 bits per heavy atom. The highest BCUT2D eigenvalue weighted by Gasteiger charge is 2.37. The van der Waals surface area contributed by atoms with Gasteiger partial charge in [0.2, 0.25) is 5.91 Å². The largest absolute Gasteiger partial charge is 0.373 e. The highest BCUT2D eigenvalue weighted by Crippen LogP contribution is 2.25. The molecule has 0 spiro atoms. The second kappa shape index (κ2) is 9.90. The van der Waals surface area contributed by atoms with Crippen molar-refractivity contribution in [3.8, 4) is 0 Å². The SMILES string of the molecule is CC1CCN(C[C@H]2CCCN(C(=O)[C@@H](C(C)C)N3C[C@@H](C)O[C@@H](C)C3)C2)CC1. The van der Waals surface area contributed by atoms with E-state index in [1.54, 1.807) is 0 Å². The summed E-state index contributed by atoms with van der Waals surface area (Å²) in [7, 11) is 0. The molecule has 28 heavy (non-hydrogen) atoms. The molecule has 0 aromatic carbocycles. The Labute approximate surface area is 172 Å². The lowest BCUT2D eigenvalue weighted by Gasteiger charge is -2.44. The maximum atomic E-state index is 13.6. The van der Waals surface area contributed by atoms with Gasteiger partial charge in [-0.1, -0.05) is 20.8 Å². The van der Waals surface area contributed by atoms with Gasteiger partial charge in [0.1, 0.15) is 0 Å². The molecule has 0 bridgehead atoms. The van der Waals surface area contributed by atoms with E-state index in [-0.39, 0.29) is 18.2 Å². The Morgan fingerprint density at radius 1 is 0.964 bits per heavy atom. The van der Waals surface area contributed by atoms with Gasteiger partial charge in [-0.05, 0) is 70.4 Å². The minimum absolute atomic E-state index is 0.0108. The molecule has 0 N–H and O–H groups in total. The van der Waals surface area contributed by atoms with Gasteiger partial charge >= 0.3 is 0 Å². The highest BCUT2D eigenvalue weighted by molar-refractivity contribution is 5.82. The lowest BCUT2D eigenvalue weighted by atomic mass is 9.92. The van der Waals surface area contributed by atoms with E-state index < -0.39 is 0 Å². The number of hydrogen-bond donors (Lipinski definition) is 0. The monoisotopic (exact) mass is 393 g/mol. The number of carbonyl (C=O) groups excluding carboxylic acids is 1. The Bertz CT molecular complexity index is 494. The predicted octanol–water partition coefficient (Wildman–Crippen LogP) is 3.09. The van der Waals surface area contributed by atoms with Crippen molar-refractivity contribution < 1.29 is 9.53 Å². The third-order valence-corrected chi connectivity index (χ3v) is 6.95. The van der Waals surface area contributed by atoms with E-state index in [0.717, 1.165) is 38.5 Å². The van der Waals surface area contributed by atoms with E-state index in [2.05, 4.69) is 49.3 Å². The summed E-state index contributed by atoms with van der Waals surface area (Å²) in [4.78, 5) is 20.8. The molecule has 3 aliphatic rings. The second-order valence-corrected chi connectivity index (χ2v) is 10.2. The van der Waals surface area contributed by atoms with Crippen molar-refractivity contribution >= 4 is 5.91 Å². The minimum atomic E-state index is -0.0108. The number of likely N-dealkylation sites (tertiary alicyclic amines) is 2. The van der Waals surface area contributed by atoms with Crippen molar-refractivity contribution in [2.24, 2.45) is 17.8 Å². The van der Waals surface area contributed by atoms with Crippen LogP contribution < -0.4 is 0 Å². The predicted molar refractivity (Wildman–Crippen MR) is 114 cm³/mol. The van der Waals surface area contributed by atoms with Crippen molar-refractivity contribution in [2.75, 3.05) is 45.8 Å². The first-order valence-electron chi connectivity index (χ1n) is 11.7. The molecule has 3 rings (SSSR count). The number of amides is 1. The molecule has 0 aromatic heterocycles. The summed E-state index contributed by atoms with van der Waals surface area (Å²) < 4.78 is 5.91. The number of ether oxygens (including phenoxy) is 1. The van der Waals surface area contributed by atoms with Gasteiger partial charge in [-0.3, -0.25) is 9.69 Å². The molecule has 3 heterocycles. The molecule has 5 nitrogen and oxygen atoms in total. The Morgan fingerprint density at radius 3 is 2.21 bits per heavy atom. The number of nitrogens with zero attached hydrogens (tertiary/aromatic N) is 3. The smallest absolute Gasteiger partial charge is 0.240 e. The van der Waals surface area contributed by atoms with Crippen LogP contribution in [-0.4, -0.2) is 84.7 Å². The molecule has 3 fully saturated rings. The summed E-state index contributed by atoms with van der Waals surface area (Å²) >= 11 is 0. The van der Waals surface area contributed by atoms with Crippen LogP contribution in [0.25, 0.3) is 0 Å². The second-order valence-electron chi connectivity index (χ2n) is 10.2. The van der Waals surface area contributed by atoms with Crippen molar-refractivity contribution in [1.82, 2.24) is 14.7 Å². The third-order valence-electron chi connectivity index (χ3n) is 6.95. The van der Waals surface area contributed by atoms with E-state index in [9.17, 15) is 4.79 Å². The molecular weight excluding hydrogens is 350 g/mol. The molecule has 4 atom stereocenters. The average Bonchev–Trinajstić information content (AvgIpc) is 2.63. The van der Waals surface area contributed by atoms with Crippen LogP contribution in [0.3, 0.4) is 0 Å². The van der Waals surface area contributed by atoms with E-state index in [0.29, 0.717) is 17.7 Å². The van der Waals surface area contributed by atoms with Gasteiger partial charge in [0.25, 0.3) is 0 Å². The first-order valence-corrected chi connectivity index (χ1v) is 11.7. The first kappa shape index (κ1) is 22.0. The van der Waals surface area contributed by atoms with Crippen LogP contribution in [0.5, 0.6) is 0 Å². The highest BCUT2D eigenvalue weighted by atomic mass is 16.5. The average molecular weight is 394 g/mol. The van der Waals surface area contributed by atoms with Crippen LogP contribution in [0.1, 0.15) is 60.3 Å². The summed E-state index contributed by atoms with van der Waals surface area (Å²) in [6.07, 6.45) is 5.49. The van der Waals surface area contributed by atoms with Gasteiger partial charge in [0, 0.05) is 32.7 Å². The lowest BCUT2D eigenvalue weighted by Crippen LogP contribution is -2.59. The van der Waals surface area contributed by atoms with Crippen molar-refractivity contribution in [3.63, 3.8) is 0 Å². The van der Waals surface area contributed by atoms with Crippen LogP contribution in [-0.2, 0) is 9.53 Å². The number of rotatable bonds is 5. The molecule has 162 valence electrons. The van der Waals surface area contributed by atoms with Crippen LogP contribution >= 0.6 is 0 Å². The van der Waals surface area contributed by atoms with Crippen molar-refractivity contribution in [3.05, 3.63) is 0 Å². The zero-order chi connectivity index (χ0) is 20.3. The topological polar surface area (TPSA) is 36.0 Å². The molecule has 5 heteroatoms. The Hall–Kier alpha value is -0.650. The van der Waals surface area contributed by atoms with Crippen molar-refractivity contribution in [2.45, 2.75) is 78.6 Å². The molecular formula is C23H43N3O2. The Kier molecular flexibility index (Phi) is 7.80. The summed E-state index contributed by atoms with van der Waals surface area (Å²) in [5.41, 5.74) is 0. The van der Waals surface area contributed by atoms with Gasteiger partial charge in [0.15, 0.2) is 0 Å². The molecule has 1 amide bonds. The standard InChI is InChI=1S/C23H43N3O2/c1-17(2)22(26-13-19(4)28-20(5)14-26)23(27)25-10-6-7-21(16-25)15-24-11-8-18(3)9-12-24/h17-22H,6-16H2,1-5H3/t19-,20+,21-,22-/m1/s1. The minimum Gasteiger partial charge on any atom is -0.373 e. The fourth-order valence-corrected chi connectivity index (χ4v) is 5.52. The lowest BCUT2D eigenvalue weighted by molar-refractivity contribution is -0.147.